The second-order valence-electron chi connectivity index (χ2n) is 9.94. The Bertz CT molecular complexity index is 1950. The fourth-order valence-corrected chi connectivity index (χ4v) is 6.74. The lowest BCUT2D eigenvalue weighted by molar-refractivity contribution is -0.139. The van der Waals surface area contributed by atoms with E-state index in [4.69, 9.17) is 30.5 Å². The van der Waals surface area contributed by atoms with Crippen LogP contribution in [0.15, 0.2) is 86.2 Å². The maximum absolute atomic E-state index is 14.1. The molecule has 3 aromatic carbocycles. The largest absolute Gasteiger partial charge is 0.490 e. The molecule has 0 fully saturated rings. The number of esters is 1. The highest BCUT2D eigenvalue weighted by atomic mass is 79.9. The van der Waals surface area contributed by atoms with Crippen molar-refractivity contribution >= 4 is 50.9 Å². The number of carbonyl (C=O) groups excluding carboxylic acids is 1. The summed E-state index contributed by atoms with van der Waals surface area (Å²) in [4.78, 5) is 32.5. The summed E-state index contributed by atoms with van der Waals surface area (Å²) in [6.07, 6.45) is 1.80. The van der Waals surface area contributed by atoms with Gasteiger partial charge in [-0.05, 0) is 91.2 Å². The van der Waals surface area contributed by atoms with Gasteiger partial charge in [-0.1, -0.05) is 53.3 Å². The van der Waals surface area contributed by atoms with Crippen molar-refractivity contribution in [1.29, 1.82) is 0 Å². The smallest absolute Gasteiger partial charge is 0.338 e. The third kappa shape index (κ3) is 7.03. The number of fused-ring (bicyclic) bond motifs is 1. The van der Waals surface area contributed by atoms with Crippen molar-refractivity contribution in [3.05, 3.63) is 118 Å². The van der Waals surface area contributed by atoms with Crippen LogP contribution in [0.25, 0.3) is 6.08 Å². The minimum Gasteiger partial charge on any atom is -0.490 e. The van der Waals surface area contributed by atoms with E-state index >= 15 is 0 Å². The summed E-state index contributed by atoms with van der Waals surface area (Å²) in [6.45, 7) is 8.67. The van der Waals surface area contributed by atoms with Gasteiger partial charge in [0.15, 0.2) is 16.3 Å². The summed E-state index contributed by atoms with van der Waals surface area (Å²) in [7, 11) is 0. The maximum Gasteiger partial charge on any atom is 0.338 e. The molecule has 0 bridgehead atoms. The maximum atomic E-state index is 14.1. The van der Waals surface area contributed by atoms with Crippen LogP contribution in [0.3, 0.4) is 0 Å². The number of hydrogen-bond donors (Lipinski definition) is 0. The average Bonchev–Trinajstić information content (AvgIpc) is 3.31. The van der Waals surface area contributed by atoms with Gasteiger partial charge in [0.25, 0.3) is 5.56 Å². The lowest BCUT2D eigenvalue weighted by atomic mass is 9.95. The van der Waals surface area contributed by atoms with E-state index in [1.807, 2.05) is 68.4 Å². The van der Waals surface area contributed by atoms with E-state index in [0.29, 0.717) is 68.3 Å². The molecule has 234 valence electrons. The van der Waals surface area contributed by atoms with Crippen LogP contribution >= 0.6 is 38.9 Å². The summed E-state index contributed by atoms with van der Waals surface area (Å²) in [5.74, 6) is 1.22. The molecule has 5 rings (SSSR count). The number of ether oxygens (including phenoxy) is 4. The summed E-state index contributed by atoms with van der Waals surface area (Å²) >= 11 is 11.1. The van der Waals surface area contributed by atoms with Crippen LogP contribution in [0.4, 0.5) is 0 Å². The van der Waals surface area contributed by atoms with Gasteiger partial charge in [-0.3, -0.25) is 9.36 Å². The first-order valence-corrected chi connectivity index (χ1v) is 16.5. The molecule has 0 radical (unpaired) electrons. The van der Waals surface area contributed by atoms with Gasteiger partial charge in [0.05, 0.1) is 46.1 Å². The van der Waals surface area contributed by atoms with Crippen molar-refractivity contribution < 1.29 is 23.7 Å². The average molecular weight is 712 g/mol. The quantitative estimate of drug-likeness (QED) is 0.163. The lowest BCUT2D eigenvalue weighted by Gasteiger charge is -2.25. The van der Waals surface area contributed by atoms with Gasteiger partial charge < -0.3 is 18.9 Å². The SMILES string of the molecule is CCOC(=O)C1=C(C)N=c2s/c(=C\c3ccc(OCc4ccccc4Cl)c(Br)c3)c(=O)n2[C@H]1c1ccc(OCC)c(OCC)c1. The molecule has 4 aromatic rings. The number of benzene rings is 3. The van der Waals surface area contributed by atoms with Crippen LogP contribution in [0, 0.1) is 0 Å². The van der Waals surface area contributed by atoms with Crippen LogP contribution in [0.2, 0.25) is 5.02 Å². The monoisotopic (exact) mass is 710 g/mol. The van der Waals surface area contributed by atoms with E-state index < -0.39 is 12.0 Å². The number of thiazole rings is 1. The Kier molecular flexibility index (Phi) is 10.5. The van der Waals surface area contributed by atoms with Crippen LogP contribution in [0.1, 0.15) is 50.4 Å². The predicted octanol–water partition coefficient (Wildman–Crippen LogP) is 6.59. The molecule has 0 amide bonds. The topological polar surface area (TPSA) is 88.4 Å². The molecule has 1 aromatic heterocycles. The first-order valence-electron chi connectivity index (χ1n) is 14.5. The van der Waals surface area contributed by atoms with Gasteiger partial charge in [-0.25, -0.2) is 9.79 Å². The Hall–Kier alpha value is -3.86. The van der Waals surface area contributed by atoms with Gasteiger partial charge in [0, 0.05) is 10.6 Å². The van der Waals surface area contributed by atoms with E-state index in [2.05, 4.69) is 20.9 Å². The van der Waals surface area contributed by atoms with Gasteiger partial charge in [0.2, 0.25) is 0 Å². The highest BCUT2D eigenvalue weighted by Crippen LogP contribution is 2.36. The number of rotatable bonds is 11. The number of allylic oxidation sites excluding steroid dienone is 1. The molecule has 8 nitrogen and oxygen atoms in total. The van der Waals surface area contributed by atoms with E-state index in [9.17, 15) is 9.59 Å². The highest BCUT2D eigenvalue weighted by Gasteiger charge is 2.34. The molecular formula is C34H32BrClN2O6S. The Morgan fingerprint density at radius 3 is 2.42 bits per heavy atom. The number of hydrogen-bond acceptors (Lipinski definition) is 8. The molecule has 11 heteroatoms. The third-order valence-electron chi connectivity index (χ3n) is 6.99. The van der Waals surface area contributed by atoms with Gasteiger partial charge in [-0.15, -0.1) is 0 Å². The zero-order valence-electron chi connectivity index (χ0n) is 25.3. The second kappa shape index (κ2) is 14.5. The number of carbonyl (C=O) groups is 1. The first-order chi connectivity index (χ1) is 21.7. The standard InChI is InChI=1S/C34H32BrClN2O6S/c1-5-41-27-15-13-22(18-28(27)42-6-2)31-30(33(40)43-7-3)20(4)37-34-38(31)32(39)29(45-34)17-21-12-14-26(24(35)16-21)44-19-23-10-8-9-11-25(23)36/h8-18,31H,5-7,19H2,1-4H3/b29-17-/t31-/m0/s1. The number of aromatic nitrogens is 1. The molecule has 0 aliphatic carbocycles. The molecule has 1 aliphatic heterocycles. The molecule has 45 heavy (non-hydrogen) atoms. The Morgan fingerprint density at radius 1 is 0.978 bits per heavy atom. The van der Waals surface area contributed by atoms with Crippen molar-refractivity contribution in [3.8, 4) is 17.2 Å². The summed E-state index contributed by atoms with van der Waals surface area (Å²) < 4.78 is 25.8. The predicted molar refractivity (Wildman–Crippen MR) is 179 cm³/mol. The van der Waals surface area contributed by atoms with Gasteiger partial charge >= 0.3 is 5.97 Å². The van der Waals surface area contributed by atoms with Crippen molar-refractivity contribution in [2.24, 2.45) is 4.99 Å². The Morgan fingerprint density at radius 2 is 1.71 bits per heavy atom. The summed E-state index contributed by atoms with van der Waals surface area (Å²) in [5, 5.41) is 0.639. The number of nitrogens with zero attached hydrogens (tertiary/aromatic N) is 2. The molecule has 1 atom stereocenters. The van der Waals surface area contributed by atoms with Crippen molar-refractivity contribution in [1.82, 2.24) is 4.57 Å². The van der Waals surface area contributed by atoms with E-state index in [0.717, 1.165) is 15.6 Å². The highest BCUT2D eigenvalue weighted by molar-refractivity contribution is 9.10. The first kappa shape index (κ1) is 32.5. The van der Waals surface area contributed by atoms with E-state index in [1.165, 1.54) is 11.3 Å². The molecule has 0 saturated heterocycles. The zero-order valence-corrected chi connectivity index (χ0v) is 28.4. The van der Waals surface area contributed by atoms with Crippen molar-refractivity contribution in [2.45, 2.75) is 40.3 Å². The van der Waals surface area contributed by atoms with Crippen molar-refractivity contribution in [2.75, 3.05) is 19.8 Å². The molecular weight excluding hydrogens is 680 g/mol. The van der Waals surface area contributed by atoms with Gasteiger partial charge in [0.1, 0.15) is 12.4 Å². The summed E-state index contributed by atoms with van der Waals surface area (Å²) in [5.41, 5.74) is 2.85. The van der Waals surface area contributed by atoms with Gasteiger partial charge in [-0.2, -0.15) is 0 Å². The lowest BCUT2D eigenvalue weighted by Crippen LogP contribution is -2.40. The van der Waals surface area contributed by atoms with Crippen LogP contribution in [-0.4, -0.2) is 30.4 Å². The molecule has 1 aliphatic rings. The second-order valence-corrected chi connectivity index (χ2v) is 12.2. The summed E-state index contributed by atoms with van der Waals surface area (Å²) in [6, 6.07) is 17.8. The molecule has 0 unspecified atom stereocenters. The van der Waals surface area contributed by atoms with Crippen LogP contribution in [-0.2, 0) is 16.1 Å². The Labute approximate surface area is 278 Å². The van der Waals surface area contributed by atoms with Crippen molar-refractivity contribution in [3.63, 3.8) is 0 Å². The Balaban J connectivity index is 1.56. The van der Waals surface area contributed by atoms with E-state index in [1.54, 1.807) is 30.6 Å². The molecule has 0 saturated carbocycles. The minimum absolute atomic E-state index is 0.188. The third-order valence-corrected chi connectivity index (χ3v) is 8.97. The van der Waals surface area contributed by atoms with E-state index in [-0.39, 0.29) is 12.2 Å². The molecule has 0 N–H and O–H groups in total. The molecule has 2 heterocycles. The minimum atomic E-state index is -0.773. The zero-order chi connectivity index (χ0) is 32.1. The van der Waals surface area contributed by atoms with Crippen LogP contribution < -0.4 is 29.1 Å². The fraction of sp³-hybridized carbons (Fsp3) is 0.265. The molecule has 0 spiro atoms. The normalized spacial score (nSPS) is 14.5. The number of halogens is 2. The van der Waals surface area contributed by atoms with Crippen LogP contribution in [0.5, 0.6) is 17.2 Å². The fourth-order valence-electron chi connectivity index (χ4n) is 4.99.